The van der Waals surface area contributed by atoms with Crippen LogP contribution in [-0.4, -0.2) is 12.0 Å². The van der Waals surface area contributed by atoms with Crippen molar-refractivity contribution in [2.24, 2.45) is 11.7 Å². The molecule has 0 heterocycles. The number of nitrogens with two attached hydrogens (primary N) is 1. The predicted octanol–water partition coefficient (Wildman–Crippen LogP) is 3.95. The minimum atomic E-state index is -0.434. The molecule has 116 valence electrons. The zero-order valence-corrected chi connectivity index (χ0v) is 13.3. The lowest BCUT2D eigenvalue weighted by Crippen LogP contribution is -2.28. The van der Waals surface area contributed by atoms with Gasteiger partial charge in [-0.05, 0) is 29.5 Å². The Morgan fingerprint density at radius 2 is 1.68 bits per heavy atom. The summed E-state index contributed by atoms with van der Waals surface area (Å²) in [6, 6.07) is 18.5. The first-order valence-electron chi connectivity index (χ1n) is 7.32. The molecule has 4 heteroatoms. The Morgan fingerprint density at radius 1 is 1.09 bits per heavy atom. The first-order valence-corrected chi connectivity index (χ1v) is 7.63. The van der Waals surface area contributed by atoms with Crippen molar-refractivity contribution >= 4 is 17.8 Å². The Hall–Kier alpha value is -1.84. The molecule has 0 aliphatic rings. The molecule has 0 unspecified atom stereocenters. The molecule has 0 aromatic heterocycles. The first kappa shape index (κ1) is 16.5. The Labute approximate surface area is 136 Å². The van der Waals surface area contributed by atoms with Crippen LogP contribution in [0.2, 0.25) is 0 Å². The molecule has 2 aromatic rings. The molecule has 0 saturated carbocycles. The van der Waals surface area contributed by atoms with Gasteiger partial charge in [0.2, 0.25) is 0 Å². The molecular weight excluding hydrogens is 298 g/mol. The van der Waals surface area contributed by atoms with Crippen LogP contribution < -0.4 is 5.73 Å². The normalized spacial score (nSPS) is 13.4. The van der Waals surface area contributed by atoms with Crippen molar-refractivity contribution in [2.75, 3.05) is 0 Å². The fourth-order valence-corrected chi connectivity index (χ4v) is 2.63. The summed E-state index contributed by atoms with van der Waals surface area (Å²) < 4.78 is 4.21. The molecule has 0 bridgehead atoms. The maximum absolute atomic E-state index is 11.3. The third-order valence-corrected chi connectivity index (χ3v) is 3.85. The van der Waals surface area contributed by atoms with Gasteiger partial charge >= 0.3 is 5.97 Å². The average Bonchev–Trinajstić information content (AvgIpc) is 2.55. The van der Waals surface area contributed by atoms with Crippen molar-refractivity contribution in [1.82, 2.24) is 0 Å². The predicted molar refractivity (Wildman–Crippen MR) is 89.3 cm³/mol. The number of hydrogen-bond acceptors (Lipinski definition) is 3. The molecule has 2 atom stereocenters. The monoisotopic (exact) mass is 317 g/mol. The van der Waals surface area contributed by atoms with Crippen molar-refractivity contribution in [1.29, 1.82) is 0 Å². The van der Waals surface area contributed by atoms with Gasteiger partial charge in [0.05, 0.1) is 5.92 Å². The summed E-state index contributed by atoms with van der Waals surface area (Å²) in [5.41, 5.74) is 9.62. The van der Waals surface area contributed by atoms with E-state index in [2.05, 4.69) is 40.7 Å². The van der Waals surface area contributed by atoms with Gasteiger partial charge in [-0.25, -0.2) is 0 Å². The fourth-order valence-electron chi connectivity index (χ4n) is 2.48. The van der Waals surface area contributed by atoms with Crippen LogP contribution in [0.25, 0.3) is 11.1 Å². The number of rotatable bonds is 6. The van der Waals surface area contributed by atoms with E-state index in [-0.39, 0.29) is 12.0 Å². The Morgan fingerprint density at radius 3 is 2.27 bits per heavy atom. The molecule has 2 N–H and O–H groups in total. The summed E-state index contributed by atoms with van der Waals surface area (Å²) in [6.45, 7) is 1.77. The number of benzene rings is 2. The molecular formula is C18H20ClNO2. The van der Waals surface area contributed by atoms with Gasteiger partial charge in [-0.15, -0.1) is 0 Å². The highest BCUT2D eigenvalue weighted by molar-refractivity contribution is 6.13. The molecule has 2 rings (SSSR count). The van der Waals surface area contributed by atoms with E-state index in [0.29, 0.717) is 6.42 Å². The van der Waals surface area contributed by atoms with Crippen molar-refractivity contribution < 1.29 is 9.08 Å². The molecule has 0 aliphatic heterocycles. The van der Waals surface area contributed by atoms with Crippen LogP contribution in [0.15, 0.2) is 54.6 Å². The van der Waals surface area contributed by atoms with Gasteiger partial charge in [0.15, 0.2) is 0 Å². The van der Waals surface area contributed by atoms with Crippen LogP contribution in [0.3, 0.4) is 0 Å². The smallest absolute Gasteiger partial charge is 0.327 e. The molecule has 0 amide bonds. The maximum Gasteiger partial charge on any atom is 0.327 e. The lowest BCUT2D eigenvalue weighted by molar-refractivity contribution is -0.138. The van der Waals surface area contributed by atoms with Crippen LogP contribution in [0.1, 0.15) is 18.9 Å². The molecule has 0 aliphatic carbocycles. The highest BCUT2D eigenvalue weighted by Gasteiger charge is 2.18. The van der Waals surface area contributed by atoms with Gasteiger partial charge < -0.3 is 10.0 Å². The van der Waals surface area contributed by atoms with E-state index in [1.807, 2.05) is 18.2 Å². The van der Waals surface area contributed by atoms with Gasteiger partial charge in [-0.1, -0.05) is 61.5 Å². The molecule has 3 nitrogen and oxygen atoms in total. The van der Waals surface area contributed by atoms with Crippen molar-refractivity contribution in [2.45, 2.75) is 25.8 Å². The SMILES string of the molecule is C[C@H](C[C@H](N)Cc1ccc(-c2ccccc2)cc1)C(=O)OCl. The average molecular weight is 318 g/mol. The number of carbonyl (C=O) groups excluding carboxylic acids is 1. The van der Waals surface area contributed by atoms with E-state index < -0.39 is 5.97 Å². The largest absolute Gasteiger partial charge is 0.347 e. The Balaban J connectivity index is 1.95. The van der Waals surface area contributed by atoms with Crippen molar-refractivity contribution in [3.05, 3.63) is 60.2 Å². The quantitative estimate of drug-likeness (QED) is 0.877. The third kappa shape index (κ3) is 4.58. The van der Waals surface area contributed by atoms with Gasteiger partial charge in [-0.2, -0.15) is 0 Å². The van der Waals surface area contributed by atoms with Crippen LogP contribution in [0, 0.1) is 5.92 Å². The first-order chi connectivity index (χ1) is 10.6. The number of hydrogen-bond donors (Lipinski definition) is 1. The fraction of sp³-hybridized carbons (Fsp3) is 0.278. The van der Waals surface area contributed by atoms with E-state index in [4.69, 9.17) is 17.6 Å². The molecule has 0 radical (unpaired) electrons. The number of carbonyl (C=O) groups is 1. The highest BCUT2D eigenvalue weighted by atomic mass is 35.5. The van der Waals surface area contributed by atoms with E-state index in [1.54, 1.807) is 6.92 Å². The molecule has 0 spiro atoms. The van der Waals surface area contributed by atoms with Crippen LogP contribution in [0.4, 0.5) is 0 Å². The zero-order valence-electron chi connectivity index (χ0n) is 12.5. The van der Waals surface area contributed by atoms with Gasteiger partial charge in [0, 0.05) is 6.04 Å². The van der Waals surface area contributed by atoms with Crippen molar-refractivity contribution in [3.63, 3.8) is 0 Å². The summed E-state index contributed by atoms with van der Waals surface area (Å²) in [7, 11) is 0. The Kier molecular flexibility index (Phi) is 5.99. The number of halogens is 1. The second-order valence-corrected chi connectivity index (χ2v) is 5.71. The van der Waals surface area contributed by atoms with Gasteiger partial charge in [-0.3, -0.25) is 4.79 Å². The molecule has 22 heavy (non-hydrogen) atoms. The minimum Gasteiger partial charge on any atom is -0.347 e. The van der Waals surface area contributed by atoms with E-state index in [1.165, 1.54) is 11.1 Å². The van der Waals surface area contributed by atoms with Crippen molar-refractivity contribution in [3.8, 4) is 11.1 Å². The van der Waals surface area contributed by atoms with Gasteiger partial charge in [0.1, 0.15) is 11.9 Å². The summed E-state index contributed by atoms with van der Waals surface area (Å²) >= 11 is 5.08. The maximum atomic E-state index is 11.3. The summed E-state index contributed by atoms with van der Waals surface area (Å²) in [6.07, 6.45) is 1.26. The standard InChI is InChI=1S/C18H20ClNO2/c1-13(18(21)22-19)11-17(20)12-14-7-9-16(10-8-14)15-5-3-2-4-6-15/h2-10,13,17H,11-12,20H2,1H3/t13-,17+/m1/s1. The lowest BCUT2D eigenvalue weighted by atomic mass is 9.96. The summed E-state index contributed by atoms with van der Waals surface area (Å²) in [5.74, 6) is -0.729. The molecule has 2 aromatic carbocycles. The van der Waals surface area contributed by atoms with E-state index in [9.17, 15) is 4.79 Å². The van der Waals surface area contributed by atoms with E-state index >= 15 is 0 Å². The van der Waals surface area contributed by atoms with Gasteiger partial charge in [0.25, 0.3) is 0 Å². The minimum absolute atomic E-state index is 0.103. The summed E-state index contributed by atoms with van der Waals surface area (Å²) in [4.78, 5) is 11.3. The molecule has 0 fully saturated rings. The second kappa shape index (κ2) is 7.97. The molecule has 0 saturated heterocycles. The van der Waals surface area contributed by atoms with Crippen LogP contribution >= 0.6 is 11.9 Å². The second-order valence-electron chi connectivity index (χ2n) is 5.56. The lowest BCUT2D eigenvalue weighted by Gasteiger charge is -2.15. The van der Waals surface area contributed by atoms with Crippen LogP contribution in [-0.2, 0) is 15.5 Å². The summed E-state index contributed by atoms with van der Waals surface area (Å²) in [5, 5.41) is 0. The van der Waals surface area contributed by atoms with E-state index in [0.717, 1.165) is 12.0 Å². The zero-order chi connectivity index (χ0) is 15.9. The Bertz CT molecular complexity index is 598. The highest BCUT2D eigenvalue weighted by Crippen LogP contribution is 2.20. The topological polar surface area (TPSA) is 52.3 Å². The van der Waals surface area contributed by atoms with Crippen LogP contribution in [0.5, 0.6) is 0 Å². The third-order valence-electron chi connectivity index (χ3n) is 3.69.